The lowest BCUT2D eigenvalue weighted by molar-refractivity contribution is 0.624. The predicted molar refractivity (Wildman–Crippen MR) is 81.3 cm³/mol. The van der Waals surface area contributed by atoms with Crippen molar-refractivity contribution in [3.05, 3.63) is 45.4 Å². The first-order valence-electron chi connectivity index (χ1n) is 6.74. The Labute approximate surface area is 122 Å². The topological polar surface area (TPSA) is 43.8 Å². The van der Waals surface area contributed by atoms with Crippen molar-refractivity contribution in [3.8, 4) is 0 Å². The quantitative estimate of drug-likeness (QED) is 0.861. The third-order valence-electron chi connectivity index (χ3n) is 3.86. The molecule has 4 heteroatoms. The summed E-state index contributed by atoms with van der Waals surface area (Å²) in [6.07, 6.45) is 4.82. The van der Waals surface area contributed by atoms with Crippen molar-refractivity contribution in [2.45, 2.75) is 39.2 Å². The first-order chi connectivity index (χ1) is 9.16. The summed E-state index contributed by atoms with van der Waals surface area (Å²) in [4.78, 5) is 4.72. The molecule has 1 aromatic carbocycles. The summed E-state index contributed by atoms with van der Waals surface area (Å²) < 4.78 is 3.35. The lowest BCUT2D eigenvalue weighted by atomic mass is 10.0. The number of halogens is 1. The van der Waals surface area contributed by atoms with Crippen LogP contribution in [-0.4, -0.2) is 9.55 Å². The van der Waals surface area contributed by atoms with Crippen LogP contribution in [0.1, 0.15) is 35.6 Å². The zero-order chi connectivity index (χ0) is 13.4. The molecule has 0 radical (unpaired) electrons. The van der Waals surface area contributed by atoms with Crippen molar-refractivity contribution in [2.24, 2.45) is 0 Å². The summed E-state index contributed by atoms with van der Waals surface area (Å²) >= 11 is 3.59. The molecule has 1 heterocycles. The van der Waals surface area contributed by atoms with Crippen LogP contribution in [0.25, 0.3) is 0 Å². The maximum atomic E-state index is 5.95. The number of nitrogen functional groups attached to an aromatic ring is 1. The summed E-state index contributed by atoms with van der Waals surface area (Å²) in [5.74, 6) is 1.11. The normalized spacial score (nSPS) is 14.4. The second-order valence-corrected chi connectivity index (χ2v) is 5.96. The fraction of sp³-hybridized carbons (Fsp3) is 0.400. The van der Waals surface area contributed by atoms with Gasteiger partial charge in [0.15, 0.2) is 0 Å². The van der Waals surface area contributed by atoms with E-state index in [4.69, 9.17) is 10.7 Å². The summed E-state index contributed by atoms with van der Waals surface area (Å²) in [5.41, 5.74) is 10.7. The van der Waals surface area contributed by atoms with Crippen LogP contribution >= 0.6 is 15.9 Å². The van der Waals surface area contributed by atoms with Crippen LogP contribution in [0.5, 0.6) is 0 Å². The SMILES string of the molecule is Cc1nc2c(n1Cc1cccc(N)c1Br)CCCC2. The van der Waals surface area contributed by atoms with E-state index in [-0.39, 0.29) is 0 Å². The number of rotatable bonds is 2. The van der Waals surface area contributed by atoms with Gasteiger partial charge < -0.3 is 10.3 Å². The number of fused-ring (bicyclic) bond motifs is 1. The first-order valence-corrected chi connectivity index (χ1v) is 7.54. The number of hydrogen-bond donors (Lipinski definition) is 1. The number of nitrogens with two attached hydrogens (primary N) is 1. The molecule has 0 fully saturated rings. The molecule has 0 saturated carbocycles. The molecule has 0 aliphatic heterocycles. The predicted octanol–water partition coefficient (Wildman–Crippen LogP) is 3.46. The second-order valence-electron chi connectivity index (χ2n) is 5.17. The Bertz CT molecular complexity index is 616. The van der Waals surface area contributed by atoms with E-state index < -0.39 is 0 Å². The largest absolute Gasteiger partial charge is 0.398 e. The van der Waals surface area contributed by atoms with Gasteiger partial charge >= 0.3 is 0 Å². The minimum Gasteiger partial charge on any atom is -0.398 e. The molecular weight excluding hydrogens is 302 g/mol. The standard InChI is InChI=1S/C15H18BrN3/c1-10-18-13-7-2-3-8-14(13)19(10)9-11-5-4-6-12(17)15(11)16/h4-6H,2-3,7-9,17H2,1H3. The maximum absolute atomic E-state index is 5.95. The molecule has 0 unspecified atom stereocenters. The lowest BCUT2D eigenvalue weighted by Gasteiger charge is -2.16. The number of imidazole rings is 1. The number of nitrogens with zero attached hydrogens (tertiary/aromatic N) is 2. The number of anilines is 1. The van der Waals surface area contributed by atoms with Crippen LogP contribution in [0.4, 0.5) is 5.69 Å². The molecule has 2 N–H and O–H groups in total. The molecule has 19 heavy (non-hydrogen) atoms. The maximum Gasteiger partial charge on any atom is 0.106 e. The molecule has 3 rings (SSSR count). The van der Waals surface area contributed by atoms with E-state index in [1.54, 1.807) is 0 Å². The third kappa shape index (κ3) is 2.29. The van der Waals surface area contributed by atoms with Gasteiger partial charge in [0.05, 0.1) is 12.2 Å². The Morgan fingerprint density at radius 2 is 2.11 bits per heavy atom. The minimum atomic E-state index is 0.795. The average molecular weight is 320 g/mol. The van der Waals surface area contributed by atoms with Crippen LogP contribution in [0.3, 0.4) is 0 Å². The summed E-state index contributed by atoms with van der Waals surface area (Å²) in [7, 11) is 0. The highest BCUT2D eigenvalue weighted by Gasteiger charge is 2.18. The van der Waals surface area contributed by atoms with Gasteiger partial charge in [0.25, 0.3) is 0 Å². The Balaban J connectivity index is 1.99. The highest BCUT2D eigenvalue weighted by molar-refractivity contribution is 9.10. The molecule has 0 bridgehead atoms. The van der Waals surface area contributed by atoms with Gasteiger partial charge in [-0.1, -0.05) is 12.1 Å². The van der Waals surface area contributed by atoms with Gasteiger partial charge in [-0.3, -0.25) is 0 Å². The Morgan fingerprint density at radius 3 is 2.95 bits per heavy atom. The Morgan fingerprint density at radius 1 is 1.32 bits per heavy atom. The fourth-order valence-corrected chi connectivity index (χ4v) is 3.23. The van der Waals surface area contributed by atoms with E-state index in [1.807, 2.05) is 12.1 Å². The van der Waals surface area contributed by atoms with Gasteiger partial charge in [-0.05, 0) is 60.2 Å². The molecular formula is C15H18BrN3. The van der Waals surface area contributed by atoms with E-state index >= 15 is 0 Å². The summed E-state index contributed by atoms with van der Waals surface area (Å²) in [6.45, 7) is 2.94. The fourth-order valence-electron chi connectivity index (χ4n) is 2.84. The Kier molecular flexibility index (Phi) is 3.35. The van der Waals surface area contributed by atoms with Crippen LogP contribution in [0, 0.1) is 6.92 Å². The van der Waals surface area contributed by atoms with Gasteiger partial charge in [0, 0.05) is 15.9 Å². The Hall–Kier alpha value is -1.29. The molecule has 1 aliphatic rings. The molecule has 0 saturated heterocycles. The van der Waals surface area contributed by atoms with Crippen LogP contribution in [0.15, 0.2) is 22.7 Å². The van der Waals surface area contributed by atoms with Crippen molar-refractivity contribution in [3.63, 3.8) is 0 Å². The molecule has 1 aromatic heterocycles. The van der Waals surface area contributed by atoms with Gasteiger partial charge in [-0.2, -0.15) is 0 Å². The van der Waals surface area contributed by atoms with E-state index in [0.29, 0.717) is 0 Å². The first kappa shape index (κ1) is 12.7. The van der Waals surface area contributed by atoms with E-state index in [1.165, 1.54) is 29.8 Å². The van der Waals surface area contributed by atoms with Gasteiger partial charge in [0.1, 0.15) is 5.82 Å². The molecule has 0 spiro atoms. The number of aromatic nitrogens is 2. The third-order valence-corrected chi connectivity index (χ3v) is 4.83. The molecule has 3 nitrogen and oxygen atoms in total. The van der Waals surface area contributed by atoms with Gasteiger partial charge in [0.2, 0.25) is 0 Å². The van der Waals surface area contributed by atoms with Crippen molar-refractivity contribution >= 4 is 21.6 Å². The highest BCUT2D eigenvalue weighted by Crippen LogP contribution is 2.27. The van der Waals surface area contributed by atoms with Crippen LogP contribution in [0.2, 0.25) is 0 Å². The van der Waals surface area contributed by atoms with E-state index in [0.717, 1.165) is 35.4 Å². The average Bonchev–Trinajstić information content (AvgIpc) is 2.72. The smallest absolute Gasteiger partial charge is 0.106 e. The molecule has 0 amide bonds. The molecule has 1 aliphatic carbocycles. The highest BCUT2D eigenvalue weighted by atomic mass is 79.9. The zero-order valence-corrected chi connectivity index (χ0v) is 12.7. The van der Waals surface area contributed by atoms with Crippen LogP contribution in [-0.2, 0) is 19.4 Å². The molecule has 0 atom stereocenters. The van der Waals surface area contributed by atoms with Gasteiger partial charge in [-0.15, -0.1) is 0 Å². The minimum absolute atomic E-state index is 0.795. The summed E-state index contributed by atoms with van der Waals surface area (Å²) in [5, 5.41) is 0. The monoisotopic (exact) mass is 319 g/mol. The van der Waals surface area contributed by atoms with E-state index in [2.05, 4.69) is 33.5 Å². The lowest BCUT2D eigenvalue weighted by Crippen LogP contribution is -2.11. The summed E-state index contributed by atoms with van der Waals surface area (Å²) in [6, 6.07) is 6.05. The van der Waals surface area contributed by atoms with E-state index in [9.17, 15) is 0 Å². The van der Waals surface area contributed by atoms with Crippen molar-refractivity contribution < 1.29 is 0 Å². The van der Waals surface area contributed by atoms with Crippen molar-refractivity contribution in [1.29, 1.82) is 0 Å². The van der Waals surface area contributed by atoms with Crippen molar-refractivity contribution in [1.82, 2.24) is 9.55 Å². The zero-order valence-electron chi connectivity index (χ0n) is 11.1. The molecule has 100 valence electrons. The number of aryl methyl sites for hydroxylation is 2. The molecule has 2 aromatic rings. The van der Waals surface area contributed by atoms with Crippen LogP contribution < -0.4 is 5.73 Å². The van der Waals surface area contributed by atoms with Crippen molar-refractivity contribution in [2.75, 3.05) is 5.73 Å². The number of benzene rings is 1. The number of hydrogen-bond acceptors (Lipinski definition) is 2. The second kappa shape index (κ2) is 5.00. The van der Waals surface area contributed by atoms with Gasteiger partial charge in [-0.25, -0.2) is 4.98 Å².